The highest BCUT2D eigenvalue weighted by molar-refractivity contribution is 6.32. The number of ether oxygens (including phenoxy) is 1. The van der Waals surface area contributed by atoms with Crippen molar-refractivity contribution in [3.63, 3.8) is 0 Å². The second-order valence-corrected chi connectivity index (χ2v) is 3.93. The summed E-state index contributed by atoms with van der Waals surface area (Å²) in [6, 6.07) is 2.42. The van der Waals surface area contributed by atoms with E-state index in [1.807, 2.05) is 0 Å². The van der Waals surface area contributed by atoms with Crippen LogP contribution >= 0.6 is 11.6 Å². The van der Waals surface area contributed by atoms with Crippen LogP contribution in [0.1, 0.15) is 0 Å². The number of amides is 2. The van der Waals surface area contributed by atoms with Gasteiger partial charge in [0.2, 0.25) is 0 Å². The minimum atomic E-state index is -1.37. The molecule has 7 nitrogen and oxygen atoms in total. The number of hydrogen-bond donors (Lipinski definition) is 4. The predicted octanol–water partition coefficient (Wildman–Crippen LogP) is 0.916. The summed E-state index contributed by atoms with van der Waals surface area (Å²) < 4.78 is 4.95. The molecule has 1 aromatic carbocycles. The Bertz CT molecular complexity index is 480. The van der Waals surface area contributed by atoms with E-state index in [-0.39, 0.29) is 0 Å². The molecule has 0 saturated carbocycles. The van der Waals surface area contributed by atoms with Crippen LogP contribution in [0.25, 0.3) is 0 Å². The van der Waals surface area contributed by atoms with Crippen molar-refractivity contribution in [2.45, 2.75) is 6.04 Å². The van der Waals surface area contributed by atoms with Crippen molar-refractivity contribution in [2.24, 2.45) is 0 Å². The molecule has 2 amide bonds. The molecule has 1 rings (SSSR count). The van der Waals surface area contributed by atoms with Crippen LogP contribution in [0.2, 0.25) is 5.02 Å². The summed E-state index contributed by atoms with van der Waals surface area (Å²) in [7, 11) is 1.46. The predicted molar refractivity (Wildman–Crippen MR) is 68.7 cm³/mol. The van der Waals surface area contributed by atoms with E-state index in [2.05, 4.69) is 10.6 Å². The van der Waals surface area contributed by atoms with Gasteiger partial charge in [0.15, 0.2) is 6.04 Å². The number of halogens is 1. The Morgan fingerprint density at radius 3 is 2.63 bits per heavy atom. The van der Waals surface area contributed by atoms with Gasteiger partial charge in [-0.3, -0.25) is 0 Å². The topological polar surface area (TPSA) is 108 Å². The maximum Gasteiger partial charge on any atom is 0.328 e. The highest BCUT2D eigenvalue weighted by Gasteiger charge is 2.18. The Kier molecular flexibility index (Phi) is 5.40. The molecule has 4 N–H and O–H groups in total. The van der Waals surface area contributed by atoms with E-state index in [0.29, 0.717) is 16.5 Å². The van der Waals surface area contributed by atoms with Crippen LogP contribution in [-0.2, 0) is 4.79 Å². The molecule has 0 fully saturated rings. The van der Waals surface area contributed by atoms with E-state index in [9.17, 15) is 9.59 Å². The Morgan fingerprint density at radius 1 is 1.47 bits per heavy atom. The van der Waals surface area contributed by atoms with Gasteiger partial charge in [0.05, 0.1) is 18.7 Å². The van der Waals surface area contributed by atoms with Crippen molar-refractivity contribution in [1.29, 1.82) is 0 Å². The van der Waals surface area contributed by atoms with Gasteiger partial charge in [-0.1, -0.05) is 11.6 Å². The maximum absolute atomic E-state index is 11.5. The second-order valence-electron chi connectivity index (χ2n) is 3.52. The first-order valence-corrected chi connectivity index (χ1v) is 5.60. The fraction of sp³-hybridized carbons (Fsp3) is 0.273. The van der Waals surface area contributed by atoms with E-state index >= 15 is 0 Å². The lowest BCUT2D eigenvalue weighted by atomic mass is 10.3. The Morgan fingerprint density at radius 2 is 2.16 bits per heavy atom. The monoisotopic (exact) mass is 288 g/mol. The number of carbonyl (C=O) groups excluding carboxylic acids is 1. The van der Waals surface area contributed by atoms with Gasteiger partial charge in [-0.25, -0.2) is 9.59 Å². The molecular weight excluding hydrogens is 276 g/mol. The quantitative estimate of drug-likeness (QED) is 0.644. The lowest BCUT2D eigenvalue weighted by Gasteiger charge is -2.13. The van der Waals surface area contributed by atoms with E-state index < -0.39 is 24.6 Å². The van der Waals surface area contributed by atoms with Crippen LogP contribution in [0.3, 0.4) is 0 Å². The van der Waals surface area contributed by atoms with Crippen molar-refractivity contribution in [1.82, 2.24) is 5.32 Å². The summed E-state index contributed by atoms with van der Waals surface area (Å²) in [5.74, 6) is -0.878. The minimum absolute atomic E-state index is 0.303. The average molecular weight is 289 g/mol. The van der Waals surface area contributed by atoms with Crippen molar-refractivity contribution in [3.8, 4) is 5.75 Å². The number of aliphatic hydroxyl groups excluding tert-OH is 1. The van der Waals surface area contributed by atoms with Gasteiger partial charge in [0.25, 0.3) is 0 Å². The third kappa shape index (κ3) is 4.31. The number of urea groups is 1. The Labute approximate surface area is 114 Å². The molecule has 0 aliphatic carbocycles. The molecule has 0 heterocycles. The molecule has 8 heteroatoms. The number of benzene rings is 1. The molecule has 0 aromatic heterocycles. The minimum Gasteiger partial charge on any atom is -0.495 e. The molecule has 104 valence electrons. The van der Waals surface area contributed by atoms with Crippen molar-refractivity contribution < 1.29 is 24.5 Å². The summed E-state index contributed by atoms with van der Waals surface area (Å²) in [4.78, 5) is 22.1. The second kappa shape index (κ2) is 6.81. The first kappa shape index (κ1) is 15.1. The number of nitrogens with one attached hydrogen (secondary N) is 2. The lowest BCUT2D eigenvalue weighted by Crippen LogP contribution is -2.45. The van der Waals surface area contributed by atoms with Crippen LogP contribution in [0.5, 0.6) is 5.75 Å². The number of aliphatic carboxylic acids is 1. The van der Waals surface area contributed by atoms with Gasteiger partial charge >= 0.3 is 12.0 Å². The highest BCUT2D eigenvalue weighted by atomic mass is 35.5. The maximum atomic E-state index is 11.5. The highest BCUT2D eigenvalue weighted by Crippen LogP contribution is 2.27. The number of methoxy groups -OCH3 is 1. The van der Waals surface area contributed by atoms with E-state index in [0.717, 1.165) is 0 Å². The summed E-state index contributed by atoms with van der Waals surface area (Å²) in [5, 5.41) is 22.2. The summed E-state index contributed by atoms with van der Waals surface area (Å²) in [5.41, 5.74) is 0.366. The van der Waals surface area contributed by atoms with Gasteiger partial charge in [-0.15, -0.1) is 0 Å². The fourth-order valence-electron chi connectivity index (χ4n) is 1.26. The number of rotatable bonds is 5. The number of hydrogen-bond acceptors (Lipinski definition) is 4. The molecule has 0 radical (unpaired) electrons. The summed E-state index contributed by atoms with van der Waals surface area (Å²) >= 11 is 5.87. The first-order chi connectivity index (χ1) is 8.97. The van der Waals surface area contributed by atoms with Crippen LogP contribution in [0.4, 0.5) is 10.5 Å². The number of anilines is 1. The van der Waals surface area contributed by atoms with Crippen molar-refractivity contribution in [3.05, 3.63) is 23.2 Å². The van der Waals surface area contributed by atoms with Crippen LogP contribution < -0.4 is 15.4 Å². The average Bonchev–Trinajstić information content (AvgIpc) is 2.35. The standard InChI is InChI=1S/C11H13ClN2O5/c1-19-9-3-2-6(4-7(9)12)13-11(18)14-8(5-15)10(16)17/h2-4,8,15H,5H2,1H3,(H,16,17)(H2,13,14,18). The van der Waals surface area contributed by atoms with Crippen LogP contribution in [-0.4, -0.2) is 42.0 Å². The zero-order valence-electron chi connectivity index (χ0n) is 10.0. The van der Waals surface area contributed by atoms with Gasteiger partial charge in [0, 0.05) is 5.69 Å². The molecule has 0 saturated heterocycles. The molecule has 19 heavy (non-hydrogen) atoms. The summed E-state index contributed by atoms with van der Waals surface area (Å²) in [6.07, 6.45) is 0. The molecule has 0 aliphatic rings. The SMILES string of the molecule is COc1ccc(NC(=O)NC(CO)C(=O)O)cc1Cl. The first-order valence-electron chi connectivity index (χ1n) is 5.22. The van der Waals surface area contributed by atoms with E-state index in [1.54, 1.807) is 12.1 Å². The molecule has 0 aliphatic heterocycles. The van der Waals surface area contributed by atoms with Crippen LogP contribution in [0, 0.1) is 0 Å². The lowest BCUT2D eigenvalue weighted by molar-refractivity contribution is -0.140. The van der Waals surface area contributed by atoms with Crippen molar-refractivity contribution in [2.75, 3.05) is 19.0 Å². The fourth-order valence-corrected chi connectivity index (χ4v) is 1.51. The zero-order chi connectivity index (χ0) is 14.4. The zero-order valence-corrected chi connectivity index (χ0v) is 10.8. The normalized spacial score (nSPS) is 11.5. The molecule has 1 aromatic rings. The van der Waals surface area contributed by atoms with E-state index in [1.165, 1.54) is 13.2 Å². The Balaban J connectivity index is 2.67. The third-order valence-corrected chi connectivity index (χ3v) is 2.49. The van der Waals surface area contributed by atoms with Gasteiger partial charge in [0.1, 0.15) is 5.75 Å². The largest absolute Gasteiger partial charge is 0.495 e. The third-order valence-electron chi connectivity index (χ3n) is 2.20. The summed E-state index contributed by atoms with van der Waals surface area (Å²) in [6.45, 7) is -0.702. The molecular formula is C11H13ClN2O5. The smallest absolute Gasteiger partial charge is 0.328 e. The van der Waals surface area contributed by atoms with Crippen molar-refractivity contribution >= 4 is 29.3 Å². The van der Waals surface area contributed by atoms with Crippen LogP contribution in [0.15, 0.2) is 18.2 Å². The number of carboxylic acids is 1. The number of aliphatic hydroxyl groups is 1. The van der Waals surface area contributed by atoms with E-state index in [4.69, 9.17) is 26.6 Å². The molecule has 1 unspecified atom stereocenters. The molecule has 1 atom stereocenters. The Hall–Kier alpha value is -1.99. The van der Waals surface area contributed by atoms with Gasteiger partial charge in [-0.2, -0.15) is 0 Å². The van der Waals surface area contributed by atoms with Gasteiger partial charge in [-0.05, 0) is 18.2 Å². The number of carbonyl (C=O) groups is 2. The van der Waals surface area contributed by atoms with Gasteiger partial charge < -0.3 is 25.6 Å². The molecule has 0 spiro atoms. The molecule has 0 bridgehead atoms. The number of carboxylic acid groups (broad SMARTS) is 1.